The Balaban J connectivity index is 0.00000675. The third-order valence-electron chi connectivity index (χ3n) is 3.71. The van der Waals surface area contributed by atoms with Crippen LogP contribution in [0.3, 0.4) is 0 Å². The second-order valence-electron chi connectivity index (χ2n) is 5.73. The molecule has 28 heavy (non-hydrogen) atoms. The van der Waals surface area contributed by atoms with E-state index in [1.54, 1.807) is 0 Å². The van der Waals surface area contributed by atoms with Crippen molar-refractivity contribution in [3.63, 3.8) is 0 Å². The summed E-state index contributed by atoms with van der Waals surface area (Å²) in [6, 6.07) is -3.51. The number of hydrogen-bond donors (Lipinski definition) is 1. The quantitative estimate of drug-likeness (QED) is 0.613. The Kier molecular flexibility index (Phi) is 3.80. The smallest absolute Gasteiger partial charge is 0.871 e. The van der Waals surface area contributed by atoms with Crippen molar-refractivity contribution in [3.05, 3.63) is 27.3 Å². The first-order chi connectivity index (χ1) is 19.0. The molecule has 3 rings (SSSR count). The van der Waals surface area contributed by atoms with Crippen LogP contribution in [0.4, 0.5) is 0 Å². The minimum Gasteiger partial charge on any atom is -0.871 e. The SMILES string of the molecule is [2H]c1sc2c(c1[2H])c([O-])c(C(=O)N([2H])CCCN1C([2H])([2H])C([2H])([2H])C([2H])(C)C([2H])([2H])C1([2H])[2H])c(=O)n2C([2H])(C)C([2H])([2H])[2H].[K+]. The second kappa shape index (κ2) is 10.7. The molecule has 2 aromatic heterocycles. The number of rotatable bonds is 6. The summed E-state index contributed by atoms with van der Waals surface area (Å²) >= 11 is 0.383. The van der Waals surface area contributed by atoms with Crippen LogP contribution in [-0.2, 0) is 0 Å². The molecule has 0 spiro atoms. The summed E-state index contributed by atoms with van der Waals surface area (Å²) in [4.78, 5) is 26.3. The molecule has 1 aliphatic rings. The van der Waals surface area contributed by atoms with Gasteiger partial charge in [-0.05, 0) is 69.8 Å². The molecule has 1 unspecified atom stereocenters. The molecule has 1 fully saturated rings. The zero-order chi connectivity index (χ0) is 33.7. The molecule has 1 atom stereocenters. The predicted octanol–water partition coefficient (Wildman–Crippen LogP) is -0.427. The number of likely N-dealkylation sites (tertiary alicyclic amines) is 1. The minimum absolute atomic E-state index is 0. The van der Waals surface area contributed by atoms with Gasteiger partial charge in [-0.15, -0.1) is 11.3 Å². The molecule has 0 aliphatic carbocycles. The molecular weight excluding hydrogens is 401 g/mol. The number of amides is 1. The van der Waals surface area contributed by atoms with Crippen molar-refractivity contribution in [1.82, 2.24) is 14.8 Å². The van der Waals surface area contributed by atoms with Crippen molar-refractivity contribution in [2.75, 3.05) is 26.1 Å². The molecule has 0 bridgehead atoms. The third-order valence-corrected chi connectivity index (χ3v) is 4.50. The van der Waals surface area contributed by atoms with Crippen LogP contribution in [0.2, 0.25) is 1.41 Å². The zero-order valence-electron chi connectivity index (χ0n) is 31.6. The van der Waals surface area contributed by atoms with Crippen LogP contribution in [0.5, 0.6) is 5.75 Å². The number of carbonyl (C=O) groups excluding carboxylic acids is 1. The number of nitrogens with zero attached hydrogens (tertiary/aromatic N) is 2. The molecule has 8 heteroatoms. The Bertz CT molecular complexity index is 1490. The number of thiophene rings is 1. The van der Waals surface area contributed by atoms with Gasteiger partial charge in [0.1, 0.15) is 4.83 Å². The molecule has 2 aromatic rings. The Morgan fingerprint density at radius 3 is 3.04 bits per heavy atom. The predicted molar refractivity (Wildman–Crippen MR) is 108 cm³/mol. The van der Waals surface area contributed by atoms with Crippen LogP contribution in [0, 0.1) is 5.89 Å². The van der Waals surface area contributed by atoms with Gasteiger partial charge in [0, 0.05) is 34.4 Å². The van der Waals surface area contributed by atoms with E-state index in [1.165, 1.54) is 0 Å². The molecular formula is C20H28KN3O3S. The Hall–Kier alpha value is -0.224. The van der Waals surface area contributed by atoms with E-state index in [2.05, 4.69) is 0 Å². The zero-order valence-corrected chi connectivity index (χ0v) is 19.5. The van der Waals surface area contributed by atoms with Gasteiger partial charge in [0.2, 0.25) is 0 Å². The van der Waals surface area contributed by atoms with Crippen LogP contribution in [-0.4, -0.2) is 41.5 Å². The average molecular weight is 446 g/mol. The summed E-state index contributed by atoms with van der Waals surface area (Å²) in [5.41, 5.74) is -2.85. The largest absolute Gasteiger partial charge is 1.00 e. The number of nitrogens with one attached hydrogen (secondary N) is 1. The average Bonchev–Trinajstić information content (AvgIpc) is 3.12. The second-order valence-corrected chi connectivity index (χ2v) is 6.52. The Morgan fingerprint density at radius 1 is 1.64 bits per heavy atom. The van der Waals surface area contributed by atoms with E-state index in [4.69, 9.17) is 22.0 Å². The first-order valence-corrected chi connectivity index (χ1v) is 8.81. The van der Waals surface area contributed by atoms with Crippen molar-refractivity contribution in [3.8, 4) is 5.75 Å². The summed E-state index contributed by atoms with van der Waals surface area (Å²) in [7, 11) is 0. The van der Waals surface area contributed by atoms with Crippen molar-refractivity contribution in [2.24, 2.45) is 5.89 Å². The standard InChI is InChI=1S/C20H29N3O3S.K/c1-13(2)23-19(26)16(17(24)15-7-12-27-20(15)23)18(25)21-8-4-9-22-10-5-14(3)6-11-22;/h7,12-14,24H,4-6,8-11H2,1-3H3,(H,21,25);/q;+1/p-1/i1D3,5D2,6D2,7D,10D2,11D2,12D,13D,14D;/hD. The summed E-state index contributed by atoms with van der Waals surface area (Å²) < 4.78 is 130. The Labute approximate surface area is 235 Å². The molecule has 0 radical (unpaired) electrons. The summed E-state index contributed by atoms with van der Waals surface area (Å²) in [6.45, 7) is -9.68. The van der Waals surface area contributed by atoms with Crippen molar-refractivity contribution in [2.45, 2.75) is 45.9 Å². The van der Waals surface area contributed by atoms with Gasteiger partial charge in [0.15, 0.2) is 1.41 Å². The van der Waals surface area contributed by atoms with Gasteiger partial charge in [-0.2, -0.15) is 0 Å². The summed E-state index contributed by atoms with van der Waals surface area (Å²) in [5, 5.41) is 12.0. The minimum atomic E-state index is -3.25. The fraction of sp³-hybridized carbons (Fsp3) is 0.600. The van der Waals surface area contributed by atoms with Crippen LogP contribution < -0.4 is 67.4 Å². The van der Waals surface area contributed by atoms with Gasteiger partial charge in [-0.25, -0.2) is 0 Å². The summed E-state index contributed by atoms with van der Waals surface area (Å²) in [6.07, 6.45) is -7.02. The maximum atomic E-state index is 13.4. The van der Waals surface area contributed by atoms with Gasteiger partial charge >= 0.3 is 51.4 Å². The molecule has 3 heterocycles. The fourth-order valence-electron chi connectivity index (χ4n) is 2.42. The maximum absolute atomic E-state index is 13.4. The van der Waals surface area contributed by atoms with Gasteiger partial charge < -0.3 is 15.3 Å². The first kappa shape index (κ1) is 9.93. The van der Waals surface area contributed by atoms with E-state index in [9.17, 15) is 14.7 Å². The van der Waals surface area contributed by atoms with Crippen molar-refractivity contribution in [1.29, 1.82) is 0 Å². The van der Waals surface area contributed by atoms with Crippen LogP contribution in [0.25, 0.3) is 10.2 Å². The molecule has 0 aromatic carbocycles. The Morgan fingerprint density at radius 2 is 2.36 bits per heavy atom. The first-order valence-electron chi connectivity index (χ1n) is 15.9. The number of hydrogen-bond acceptors (Lipinski definition) is 5. The van der Waals surface area contributed by atoms with Gasteiger partial charge in [-0.1, -0.05) is 12.7 Å². The molecule has 6 nitrogen and oxygen atoms in total. The number of fused-ring (bicyclic) bond motifs is 1. The van der Waals surface area contributed by atoms with Gasteiger partial charge in [0.05, 0.1) is 9.68 Å². The van der Waals surface area contributed by atoms with Crippen LogP contribution >= 0.6 is 11.3 Å². The number of pyridine rings is 1. The number of piperidine rings is 1. The molecule has 1 aliphatic heterocycles. The molecule has 1 amide bonds. The van der Waals surface area contributed by atoms with E-state index >= 15 is 0 Å². The third kappa shape index (κ3) is 5.27. The monoisotopic (exact) mass is 445 g/mol. The molecule has 1 N–H and O–H groups in total. The maximum Gasteiger partial charge on any atom is 1.00 e. The summed E-state index contributed by atoms with van der Waals surface area (Å²) in [5.74, 6) is -5.86. The fourth-order valence-corrected chi connectivity index (χ4v) is 3.23. The normalized spacial score (nSPS) is 34.9. The topological polar surface area (TPSA) is 77.4 Å². The number of aromatic nitrogens is 1. The van der Waals surface area contributed by atoms with E-state index in [1.807, 2.05) is 0 Å². The van der Waals surface area contributed by atoms with Crippen molar-refractivity contribution < 1.29 is 83.3 Å². The van der Waals surface area contributed by atoms with Gasteiger partial charge in [0.25, 0.3) is 11.5 Å². The van der Waals surface area contributed by atoms with Crippen LogP contribution in [0.15, 0.2) is 16.2 Å². The van der Waals surface area contributed by atoms with Gasteiger partial charge in [-0.3, -0.25) is 14.2 Å². The van der Waals surface area contributed by atoms with E-state index < -0.39 is 108 Å². The van der Waals surface area contributed by atoms with E-state index in [0.717, 1.165) is 13.8 Å². The molecule has 1 saturated heterocycles. The van der Waals surface area contributed by atoms with E-state index in [-0.39, 0.29) is 61.6 Å². The van der Waals surface area contributed by atoms with Crippen LogP contribution in [0.1, 0.15) is 76.8 Å². The van der Waals surface area contributed by atoms with Crippen molar-refractivity contribution >= 4 is 27.5 Å². The van der Waals surface area contributed by atoms with E-state index in [0.29, 0.717) is 15.9 Å². The molecule has 0 saturated carbocycles. The number of carbonyl (C=O) groups is 1. The molecule has 148 valence electrons.